The number of benzene rings is 2. The van der Waals surface area contributed by atoms with Gasteiger partial charge in [0.1, 0.15) is 5.75 Å². The van der Waals surface area contributed by atoms with Crippen molar-refractivity contribution in [3.8, 4) is 17.2 Å². The maximum atomic E-state index is 12.1. The number of hydrogen-bond donors (Lipinski definition) is 2. The number of nitrogens with zero attached hydrogens (tertiary/aromatic N) is 2. The van der Waals surface area contributed by atoms with E-state index in [-0.39, 0.29) is 17.4 Å². The number of nitrogens with one attached hydrogen (secondary N) is 1. The molecular formula is C17H14ClN3O3S. The molecule has 0 fully saturated rings. The molecule has 0 atom stereocenters. The summed E-state index contributed by atoms with van der Waals surface area (Å²) in [4.78, 5) is 12.1. The first-order valence-corrected chi connectivity index (χ1v) is 8.69. The molecule has 128 valence electrons. The summed E-state index contributed by atoms with van der Waals surface area (Å²) in [6, 6.07) is 11.7. The fourth-order valence-corrected chi connectivity index (χ4v) is 2.77. The maximum Gasteiger partial charge on any atom is 0.277 e. The van der Waals surface area contributed by atoms with Gasteiger partial charge < -0.3 is 14.8 Å². The Kier molecular flexibility index (Phi) is 5.25. The lowest BCUT2D eigenvalue weighted by atomic mass is 10.2. The number of phenolic OH excluding ortho intramolecular Hbond substituents is 1. The molecule has 2 N–H and O–H groups in total. The van der Waals surface area contributed by atoms with Crippen LogP contribution in [0, 0.1) is 6.92 Å². The molecule has 3 rings (SSSR count). The summed E-state index contributed by atoms with van der Waals surface area (Å²) in [7, 11) is 0. The van der Waals surface area contributed by atoms with Gasteiger partial charge in [0, 0.05) is 16.3 Å². The zero-order chi connectivity index (χ0) is 17.8. The number of aromatic hydroxyl groups is 1. The van der Waals surface area contributed by atoms with Crippen LogP contribution in [-0.2, 0) is 4.79 Å². The lowest BCUT2D eigenvalue weighted by molar-refractivity contribution is -0.113. The summed E-state index contributed by atoms with van der Waals surface area (Å²) >= 11 is 7.08. The summed E-state index contributed by atoms with van der Waals surface area (Å²) < 4.78 is 5.51. The van der Waals surface area contributed by atoms with Crippen LogP contribution in [0.2, 0.25) is 5.02 Å². The average Bonchev–Trinajstić information content (AvgIpc) is 3.06. The normalized spacial score (nSPS) is 10.6. The number of thioether (sulfide) groups is 1. The fraction of sp³-hybridized carbons (Fsp3) is 0.118. The van der Waals surface area contributed by atoms with Gasteiger partial charge in [0.05, 0.1) is 5.75 Å². The number of rotatable bonds is 5. The summed E-state index contributed by atoms with van der Waals surface area (Å²) in [5.74, 6) is 0.419. The molecule has 3 aromatic rings. The molecule has 0 saturated carbocycles. The van der Waals surface area contributed by atoms with E-state index in [4.69, 9.17) is 16.0 Å². The SMILES string of the molecule is Cc1ccc(Cl)cc1NC(=O)CSc1nnc(-c2ccc(O)cc2)o1. The van der Waals surface area contributed by atoms with Gasteiger partial charge in [-0.25, -0.2) is 0 Å². The number of hydrogen-bond acceptors (Lipinski definition) is 6. The van der Waals surface area contributed by atoms with Gasteiger partial charge in [-0.1, -0.05) is 29.4 Å². The Morgan fingerprint density at radius 2 is 2.00 bits per heavy atom. The Labute approximate surface area is 153 Å². The Morgan fingerprint density at radius 3 is 2.76 bits per heavy atom. The highest BCUT2D eigenvalue weighted by atomic mass is 35.5. The van der Waals surface area contributed by atoms with Gasteiger partial charge in [-0.15, -0.1) is 10.2 Å². The quantitative estimate of drug-likeness (QED) is 0.652. The van der Waals surface area contributed by atoms with Gasteiger partial charge in [0.15, 0.2) is 0 Å². The Morgan fingerprint density at radius 1 is 1.24 bits per heavy atom. The van der Waals surface area contributed by atoms with Crippen LogP contribution in [0.3, 0.4) is 0 Å². The molecule has 0 aliphatic carbocycles. The Bertz CT molecular complexity index is 896. The van der Waals surface area contributed by atoms with Gasteiger partial charge >= 0.3 is 0 Å². The topological polar surface area (TPSA) is 88.2 Å². The van der Waals surface area contributed by atoms with Crippen molar-refractivity contribution in [2.45, 2.75) is 12.1 Å². The van der Waals surface area contributed by atoms with Crippen LogP contribution in [0.1, 0.15) is 5.56 Å². The van der Waals surface area contributed by atoms with Crippen LogP contribution in [0.5, 0.6) is 5.75 Å². The highest BCUT2D eigenvalue weighted by Gasteiger charge is 2.12. The van der Waals surface area contributed by atoms with E-state index >= 15 is 0 Å². The lowest BCUT2D eigenvalue weighted by Crippen LogP contribution is -2.14. The number of aryl methyl sites for hydroxylation is 1. The van der Waals surface area contributed by atoms with E-state index in [0.29, 0.717) is 27.4 Å². The number of amides is 1. The van der Waals surface area contributed by atoms with E-state index in [2.05, 4.69) is 15.5 Å². The van der Waals surface area contributed by atoms with Crippen molar-refractivity contribution in [1.29, 1.82) is 0 Å². The second-order valence-electron chi connectivity index (χ2n) is 5.22. The molecule has 25 heavy (non-hydrogen) atoms. The van der Waals surface area contributed by atoms with Gasteiger partial charge in [0.25, 0.3) is 5.22 Å². The number of carbonyl (C=O) groups excluding carboxylic acids is 1. The van der Waals surface area contributed by atoms with Gasteiger partial charge in [0.2, 0.25) is 11.8 Å². The third-order valence-electron chi connectivity index (χ3n) is 3.32. The molecule has 8 heteroatoms. The molecule has 0 aliphatic heterocycles. The third kappa shape index (κ3) is 4.52. The van der Waals surface area contributed by atoms with Crippen molar-refractivity contribution < 1.29 is 14.3 Å². The van der Waals surface area contributed by atoms with Crippen LogP contribution in [-0.4, -0.2) is 27.0 Å². The van der Waals surface area contributed by atoms with Crippen molar-refractivity contribution >= 4 is 35.0 Å². The van der Waals surface area contributed by atoms with Crippen LogP contribution < -0.4 is 5.32 Å². The Hall–Kier alpha value is -2.51. The van der Waals surface area contributed by atoms with Crippen molar-refractivity contribution in [3.63, 3.8) is 0 Å². The molecule has 6 nitrogen and oxygen atoms in total. The summed E-state index contributed by atoms with van der Waals surface area (Å²) in [5.41, 5.74) is 2.29. The third-order valence-corrected chi connectivity index (χ3v) is 4.37. The number of aromatic nitrogens is 2. The maximum absolute atomic E-state index is 12.1. The molecule has 0 saturated heterocycles. The van der Waals surface area contributed by atoms with Crippen molar-refractivity contribution in [3.05, 3.63) is 53.1 Å². The first kappa shape index (κ1) is 17.3. The van der Waals surface area contributed by atoms with Crippen molar-refractivity contribution in [1.82, 2.24) is 10.2 Å². The largest absolute Gasteiger partial charge is 0.508 e. The molecular weight excluding hydrogens is 362 g/mol. The molecule has 1 heterocycles. The van der Waals surface area contributed by atoms with E-state index in [0.717, 1.165) is 17.3 Å². The molecule has 1 amide bonds. The number of carbonyl (C=O) groups is 1. The molecule has 0 radical (unpaired) electrons. The van der Waals surface area contributed by atoms with E-state index in [1.807, 2.05) is 13.0 Å². The second kappa shape index (κ2) is 7.58. The summed E-state index contributed by atoms with van der Waals surface area (Å²) in [6.45, 7) is 1.89. The minimum Gasteiger partial charge on any atom is -0.508 e. The van der Waals surface area contributed by atoms with E-state index in [1.165, 1.54) is 12.1 Å². The van der Waals surface area contributed by atoms with Crippen LogP contribution in [0.4, 0.5) is 5.69 Å². The number of anilines is 1. The zero-order valence-corrected chi connectivity index (χ0v) is 14.8. The monoisotopic (exact) mass is 375 g/mol. The van der Waals surface area contributed by atoms with Gasteiger partial charge in [-0.2, -0.15) is 0 Å². The number of halogens is 1. The minimum atomic E-state index is -0.195. The van der Waals surface area contributed by atoms with Crippen molar-refractivity contribution in [2.24, 2.45) is 0 Å². The predicted octanol–water partition coefficient (Wildman–Crippen LogP) is 4.13. The van der Waals surface area contributed by atoms with E-state index < -0.39 is 0 Å². The molecule has 0 bridgehead atoms. The van der Waals surface area contributed by atoms with Crippen LogP contribution in [0.15, 0.2) is 52.1 Å². The molecule has 0 spiro atoms. The molecule has 2 aromatic carbocycles. The first-order chi connectivity index (χ1) is 12.0. The van der Waals surface area contributed by atoms with Gasteiger partial charge in [-0.3, -0.25) is 4.79 Å². The van der Waals surface area contributed by atoms with Gasteiger partial charge in [-0.05, 0) is 48.9 Å². The molecule has 0 unspecified atom stereocenters. The molecule has 1 aromatic heterocycles. The molecule has 0 aliphatic rings. The summed E-state index contributed by atoms with van der Waals surface area (Å²) in [5, 5.41) is 20.8. The highest BCUT2D eigenvalue weighted by molar-refractivity contribution is 7.99. The van der Waals surface area contributed by atoms with E-state index in [9.17, 15) is 9.90 Å². The van der Waals surface area contributed by atoms with Crippen molar-refractivity contribution in [2.75, 3.05) is 11.1 Å². The fourth-order valence-electron chi connectivity index (χ4n) is 2.03. The standard InChI is InChI=1S/C17H14ClN3O3S/c1-10-2-5-12(18)8-14(10)19-15(23)9-25-17-21-20-16(24-17)11-3-6-13(22)7-4-11/h2-8,22H,9H2,1H3,(H,19,23). The summed E-state index contributed by atoms with van der Waals surface area (Å²) in [6.07, 6.45) is 0. The Balaban J connectivity index is 1.59. The van der Waals surface area contributed by atoms with Crippen LogP contribution >= 0.6 is 23.4 Å². The first-order valence-electron chi connectivity index (χ1n) is 7.33. The predicted molar refractivity (Wildman–Crippen MR) is 96.9 cm³/mol. The lowest BCUT2D eigenvalue weighted by Gasteiger charge is -2.07. The zero-order valence-electron chi connectivity index (χ0n) is 13.2. The minimum absolute atomic E-state index is 0.128. The smallest absolute Gasteiger partial charge is 0.277 e. The van der Waals surface area contributed by atoms with Crippen LogP contribution in [0.25, 0.3) is 11.5 Å². The van der Waals surface area contributed by atoms with E-state index in [1.54, 1.807) is 24.3 Å². The highest BCUT2D eigenvalue weighted by Crippen LogP contribution is 2.25. The second-order valence-corrected chi connectivity index (χ2v) is 6.58. The average molecular weight is 376 g/mol. The number of phenols is 1.